The van der Waals surface area contributed by atoms with Gasteiger partial charge >= 0.3 is 0 Å². The number of anilines is 1. The number of ketones is 1. The summed E-state index contributed by atoms with van der Waals surface area (Å²) in [4.78, 5) is 14.7. The maximum atomic E-state index is 12.7. The number of halogens is 1. The first kappa shape index (κ1) is 15.5. The van der Waals surface area contributed by atoms with E-state index in [1.165, 1.54) is 6.20 Å². The van der Waals surface area contributed by atoms with Gasteiger partial charge < -0.3 is 10.6 Å². The van der Waals surface area contributed by atoms with Crippen LogP contribution in [0.2, 0.25) is 5.02 Å². The summed E-state index contributed by atoms with van der Waals surface area (Å²) < 4.78 is 1.65. The van der Waals surface area contributed by atoms with Gasteiger partial charge in [0.2, 0.25) is 5.78 Å². The van der Waals surface area contributed by atoms with E-state index in [9.17, 15) is 4.79 Å². The van der Waals surface area contributed by atoms with E-state index >= 15 is 0 Å². The van der Waals surface area contributed by atoms with Crippen molar-refractivity contribution in [3.05, 3.63) is 46.2 Å². The van der Waals surface area contributed by atoms with Crippen molar-refractivity contribution in [2.75, 3.05) is 26.4 Å². The average Bonchev–Trinajstić information content (AvgIpc) is 2.80. The zero-order valence-electron chi connectivity index (χ0n) is 12.4. The summed E-state index contributed by atoms with van der Waals surface area (Å²) in [6, 6.07) is 5.22. The summed E-state index contributed by atoms with van der Waals surface area (Å²) in [6.07, 6.45) is 1.51. The van der Waals surface area contributed by atoms with Crippen LogP contribution in [0.1, 0.15) is 21.6 Å². The molecule has 1 aromatic carbocycles. The van der Waals surface area contributed by atoms with E-state index < -0.39 is 0 Å². The van der Waals surface area contributed by atoms with Gasteiger partial charge in [0.1, 0.15) is 5.69 Å². The second-order valence-electron chi connectivity index (χ2n) is 5.27. The number of hydrogen-bond donors (Lipinski definition) is 1. The van der Waals surface area contributed by atoms with Crippen LogP contribution < -0.4 is 5.73 Å². The Labute approximate surface area is 129 Å². The van der Waals surface area contributed by atoms with Crippen LogP contribution in [0, 0.1) is 6.92 Å². The molecule has 1 aromatic heterocycles. The summed E-state index contributed by atoms with van der Waals surface area (Å²) in [5, 5.41) is 4.56. The lowest BCUT2D eigenvalue weighted by atomic mass is 10.0. The molecule has 0 fully saturated rings. The first-order valence-corrected chi connectivity index (χ1v) is 7.05. The Morgan fingerprint density at radius 1 is 1.43 bits per heavy atom. The molecule has 0 aliphatic carbocycles. The van der Waals surface area contributed by atoms with Crippen molar-refractivity contribution in [3.63, 3.8) is 0 Å². The number of carbonyl (C=O) groups excluding carboxylic acids is 1. The maximum Gasteiger partial charge on any atom is 0.212 e. The highest BCUT2D eigenvalue weighted by molar-refractivity contribution is 6.34. The van der Waals surface area contributed by atoms with Gasteiger partial charge in [-0.1, -0.05) is 11.6 Å². The second-order valence-corrected chi connectivity index (χ2v) is 5.68. The van der Waals surface area contributed by atoms with Gasteiger partial charge in [0.05, 0.1) is 17.8 Å². The number of nitrogen functional groups attached to an aromatic ring is 1. The van der Waals surface area contributed by atoms with Crippen LogP contribution in [-0.4, -0.2) is 41.1 Å². The molecule has 0 aliphatic heterocycles. The van der Waals surface area contributed by atoms with E-state index in [-0.39, 0.29) is 5.78 Å². The lowest BCUT2D eigenvalue weighted by Crippen LogP contribution is -2.21. The van der Waals surface area contributed by atoms with Crippen molar-refractivity contribution in [3.8, 4) is 0 Å². The molecule has 0 saturated carbocycles. The molecule has 5 nitrogen and oxygen atoms in total. The van der Waals surface area contributed by atoms with Crippen LogP contribution in [0.3, 0.4) is 0 Å². The normalized spacial score (nSPS) is 11.1. The van der Waals surface area contributed by atoms with Crippen LogP contribution in [0.25, 0.3) is 0 Å². The molecule has 0 atom stereocenters. The van der Waals surface area contributed by atoms with Crippen LogP contribution in [0.4, 0.5) is 5.69 Å². The quantitative estimate of drug-likeness (QED) is 0.679. The van der Waals surface area contributed by atoms with E-state index in [0.717, 1.165) is 12.1 Å². The number of nitrogens with two attached hydrogens (primary N) is 1. The molecule has 21 heavy (non-hydrogen) atoms. The third kappa shape index (κ3) is 3.43. The minimum Gasteiger partial charge on any atom is -0.399 e. The standard InChI is InChI=1S/C15H19ClN4O/c1-10-8-11(4-5-13(10)17)15(21)14-12(16)9-18-20(14)7-6-19(2)3/h4-5,8-9H,6-7,17H2,1-3H3. The summed E-state index contributed by atoms with van der Waals surface area (Å²) in [5.41, 5.74) is 8.31. The van der Waals surface area contributed by atoms with Crippen LogP contribution in [0.5, 0.6) is 0 Å². The minimum absolute atomic E-state index is 0.139. The van der Waals surface area contributed by atoms with E-state index in [1.807, 2.05) is 25.9 Å². The van der Waals surface area contributed by atoms with Crippen LogP contribution in [-0.2, 0) is 6.54 Å². The van der Waals surface area contributed by atoms with Gasteiger partial charge in [-0.15, -0.1) is 0 Å². The average molecular weight is 307 g/mol. The number of benzene rings is 1. The van der Waals surface area contributed by atoms with Gasteiger partial charge in [0, 0.05) is 17.8 Å². The van der Waals surface area contributed by atoms with E-state index in [0.29, 0.717) is 28.5 Å². The van der Waals surface area contributed by atoms with Gasteiger partial charge in [-0.3, -0.25) is 9.48 Å². The van der Waals surface area contributed by atoms with Crippen molar-refractivity contribution in [2.24, 2.45) is 0 Å². The first-order chi connectivity index (χ1) is 9.90. The van der Waals surface area contributed by atoms with E-state index in [1.54, 1.807) is 22.9 Å². The molecule has 112 valence electrons. The smallest absolute Gasteiger partial charge is 0.212 e. The lowest BCUT2D eigenvalue weighted by Gasteiger charge is -2.12. The van der Waals surface area contributed by atoms with Gasteiger partial charge in [0.25, 0.3) is 0 Å². The molecule has 2 N–H and O–H groups in total. The highest BCUT2D eigenvalue weighted by Gasteiger charge is 2.19. The molecule has 0 saturated heterocycles. The molecule has 0 unspecified atom stereocenters. The number of nitrogens with zero attached hydrogens (tertiary/aromatic N) is 3. The Bertz CT molecular complexity index is 664. The van der Waals surface area contributed by atoms with Crippen molar-refractivity contribution >= 4 is 23.1 Å². The van der Waals surface area contributed by atoms with Crippen molar-refractivity contribution < 1.29 is 4.79 Å². The number of likely N-dealkylation sites (N-methyl/N-ethyl adjacent to an activating group) is 1. The molecule has 0 amide bonds. The molecular weight excluding hydrogens is 288 g/mol. The van der Waals surface area contributed by atoms with Crippen LogP contribution in [0.15, 0.2) is 24.4 Å². The van der Waals surface area contributed by atoms with Gasteiger partial charge in [-0.25, -0.2) is 0 Å². The Hall–Kier alpha value is -1.85. The molecule has 0 radical (unpaired) electrons. The monoisotopic (exact) mass is 306 g/mol. The van der Waals surface area contributed by atoms with E-state index in [2.05, 4.69) is 5.10 Å². The fourth-order valence-corrected chi connectivity index (χ4v) is 2.23. The number of rotatable bonds is 5. The number of hydrogen-bond acceptors (Lipinski definition) is 4. The maximum absolute atomic E-state index is 12.7. The highest BCUT2D eigenvalue weighted by Crippen LogP contribution is 2.21. The Kier molecular flexibility index (Phi) is 4.65. The zero-order valence-corrected chi connectivity index (χ0v) is 13.2. The van der Waals surface area contributed by atoms with Gasteiger partial charge in [-0.05, 0) is 44.8 Å². The highest BCUT2D eigenvalue weighted by atomic mass is 35.5. The Morgan fingerprint density at radius 3 is 2.76 bits per heavy atom. The topological polar surface area (TPSA) is 64.2 Å². The lowest BCUT2D eigenvalue weighted by molar-refractivity contribution is 0.102. The summed E-state index contributed by atoms with van der Waals surface area (Å²) in [5.74, 6) is -0.139. The molecule has 2 rings (SSSR count). The third-order valence-electron chi connectivity index (χ3n) is 3.30. The zero-order chi connectivity index (χ0) is 15.6. The summed E-state index contributed by atoms with van der Waals surface area (Å²) in [6.45, 7) is 3.25. The molecule has 0 spiro atoms. The number of carbonyl (C=O) groups is 1. The Morgan fingerprint density at radius 2 is 2.14 bits per heavy atom. The minimum atomic E-state index is -0.139. The Balaban J connectivity index is 2.34. The molecule has 2 aromatic rings. The predicted molar refractivity (Wildman–Crippen MR) is 84.8 cm³/mol. The molecule has 1 heterocycles. The SMILES string of the molecule is Cc1cc(C(=O)c2c(Cl)cnn2CCN(C)C)ccc1N. The fourth-order valence-electron chi connectivity index (χ4n) is 2.01. The van der Waals surface area contributed by atoms with Crippen molar-refractivity contribution in [1.82, 2.24) is 14.7 Å². The number of aromatic nitrogens is 2. The third-order valence-corrected chi connectivity index (χ3v) is 3.58. The molecule has 6 heteroatoms. The summed E-state index contributed by atoms with van der Waals surface area (Å²) >= 11 is 6.13. The first-order valence-electron chi connectivity index (χ1n) is 6.67. The summed E-state index contributed by atoms with van der Waals surface area (Å²) in [7, 11) is 3.94. The number of aryl methyl sites for hydroxylation is 1. The predicted octanol–water partition coefficient (Wildman–Crippen LogP) is 2.22. The van der Waals surface area contributed by atoms with Gasteiger partial charge in [-0.2, -0.15) is 5.10 Å². The second kappa shape index (κ2) is 6.28. The molecule has 0 aliphatic rings. The van der Waals surface area contributed by atoms with Crippen molar-refractivity contribution in [1.29, 1.82) is 0 Å². The van der Waals surface area contributed by atoms with Gasteiger partial charge in [0.15, 0.2) is 0 Å². The van der Waals surface area contributed by atoms with Crippen molar-refractivity contribution in [2.45, 2.75) is 13.5 Å². The fraction of sp³-hybridized carbons (Fsp3) is 0.333. The largest absolute Gasteiger partial charge is 0.399 e. The van der Waals surface area contributed by atoms with Crippen LogP contribution >= 0.6 is 11.6 Å². The molecule has 0 bridgehead atoms. The van der Waals surface area contributed by atoms with E-state index in [4.69, 9.17) is 17.3 Å². The molecular formula is C15H19ClN4O.